The molecule has 0 radical (unpaired) electrons. The molecule has 180 valence electrons. The third-order valence-corrected chi connectivity index (χ3v) is 4.23. The van der Waals surface area contributed by atoms with Crippen LogP contribution in [0.1, 0.15) is 12.8 Å². The van der Waals surface area contributed by atoms with Crippen molar-refractivity contribution in [1.29, 1.82) is 0 Å². The summed E-state index contributed by atoms with van der Waals surface area (Å²) in [4.78, 5) is 38.1. The van der Waals surface area contributed by atoms with Gasteiger partial charge in [0.05, 0.1) is 0 Å². The smallest absolute Gasteiger partial charge is 0.430 e. The lowest BCUT2D eigenvalue weighted by Crippen LogP contribution is -2.58. The highest BCUT2D eigenvalue weighted by Crippen LogP contribution is 2.29. The first-order valence-electron chi connectivity index (χ1n) is 8.01. The highest BCUT2D eigenvalue weighted by Gasteiger charge is 2.40. The molecule has 0 aliphatic carbocycles. The molecule has 1 heterocycles. The number of ether oxygens (including phenoxy) is 3. The molecule has 0 aromatic rings. The molecule has 18 heteroatoms. The fraction of sp³-hybridized carbons (Fsp3) is 0.769. The lowest BCUT2D eigenvalue weighted by atomic mass is 10.3. The van der Waals surface area contributed by atoms with Crippen LogP contribution in [0.3, 0.4) is 0 Å². The molecule has 1 atom stereocenters. The number of hydrogen-bond acceptors (Lipinski definition) is 6. The molecule has 1 saturated heterocycles. The number of nitrogens with zero attached hydrogens (tertiary/aromatic N) is 2. The Balaban J connectivity index is 2.95. The lowest BCUT2D eigenvalue weighted by molar-refractivity contribution is 0.0112. The third-order valence-electron chi connectivity index (χ3n) is 3.25. The van der Waals surface area contributed by atoms with Gasteiger partial charge < -0.3 is 14.2 Å². The van der Waals surface area contributed by atoms with Crippen LogP contribution in [0.2, 0.25) is 0 Å². The summed E-state index contributed by atoms with van der Waals surface area (Å²) in [5, 5.41) is 0.640. The standard InChI is InChI=1S/C13H14Cl9N3O6/c14-11(15,16)4-29-8(26)23-25(10(28)31-6-13(20,21)22)7-2-1-3-24(7)9(27)30-5-12(17,18)19/h7H,1-6H2,(H,23,26). The van der Waals surface area contributed by atoms with Crippen molar-refractivity contribution < 1.29 is 28.6 Å². The summed E-state index contributed by atoms with van der Waals surface area (Å²) in [6.45, 7) is -1.72. The number of amides is 3. The van der Waals surface area contributed by atoms with Gasteiger partial charge in [-0.05, 0) is 12.8 Å². The third kappa shape index (κ3) is 12.5. The minimum atomic E-state index is -1.93. The van der Waals surface area contributed by atoms with E-state index in [0.29, 0.717) is 11.4 Å². The summed E-state index contributed by atoms with van der Waals surface area (Å²) in [5.74, 6) is 0. The Labute approximate surface area is 222 Å². The maximum absolute atomic E-state index is 12.5. The first kappa shape index (κ1) is 29.5. The van der Waals surface area contributed by atoms with Crippen molar-refractivity contribution >= 4 is 123 Å². The van der Waals surface area contributed by atoms with E-state index in [1.165, 1.54) is 0 Å². The molecule has 1 fully saturated rings. The monoisotopic (exact) mass is 623 g/mol. The minimum absolute atomic E-state index is 0.141. The normalized spacial score (nSPS) is 17.2. The average molecular weight is 627 g/mol. The first-order chi connectivity index (χ1) is 14.0. The fourth-order valence-corrected chi connectivity index (χ4v) is 2.68. The number of nitrogens with one attached hydrogen (secondary N) is 1. The quantitative estimate of drug-likeness (QED) is 0.243. The molecule has 0 aromatic carbocycles. The average Bonchev–Trinajstić information content (AvgIpc) is 3.08. The van der Waals surface area contributed by atoms with Gasteiger partial charge in [0, 0.05) is 6.54 Å². The second-order valence-corrected chi connectivity index (χ2v) is 13.4. The van der Waals surface area contributed by atoms with Crippen LogP contribution in [0, 0.1) is 0 Å². The van der Waals surface area contributed by atoms with Crippen molar-refractivity contribution in [2.45, 2.75) is 30.4 Å². The molecule has 1 aliphatic heterocycles. The zero-order valence-corrected chi connectivity index (χ0v) is 21.9. The summed E-state index contributed by atoms with van der Waals surface area (Å²) >= 11 is 49.9. The summed E-state index contributed by atoms with van der Waals surface area (Å²) in [6, 6.07) is 0. The number of carbonyl (C=O) groups is 3. The maximum Gasteiger partial charge on any atom is 0.430 e. The van der Waals surface area contributed by atoms with Crippen LogP contribution in [-0.4, -0.2) is 72.1 Å². The van der Waals surface area contributed by atoms with Crippen molar-refractivity contribution in [3.05, 3.63) is 0 Å². The van der Waals surface area contributed by atoms with E-state index in [0.717, 1.165) is 4.90 Å². The molecule has 1 N–H and O–H groups in total. The SMILES string of the molecule is O=C(NN(C(=O)OCC(Cl)(Cl)Cl)C1CCCN1C(=O)OCC(Cl)(Cl)Cl)OCC(Cl)(Cl)Cl. The summed E-state index contributed by atoms with van der Waals surface area (Å²) in [6.07, 6.45) is -3.75. The van der Waals surface area contributed by atoms with E-state index in [2.05, 4.69) is 5.43 Å². The van der Waals surface area contributed by atoms with Crippen molar-refractivity contribution in [2.75, 3.05) is 26.4 Å². The molecule has 9 nitrogen and oxygen atoms in total. The molecule has 31 heavy (non-hydrogen) atoms. The van der Waals surface area contributed by atoms with Crippen LogP contribution >= 0.6 is 104 Å². The lowest BCUT2D eigenvalue weighted by Gasteiger charge is -2.33. The molecule has 1 rings (SSSR count). The largest absolute Gasteiger partial charge is 0.445 e. The number of hydrazine groups is 1. The predicted molar refractivity (Wildman–Crippen MR) is 120 cm³/mol. The van der Waals surface area contributed by atoms with E-state index < -0.39 is 55.6 Å². The summed E-state index contributed by atoms with van der Waals surface area (Å²) in [5.41, 5.74) is 2.09. The zero-order valence-electron chi connectivity index (χ0n) is 15.1. The van der Waals surface area contributed by atoms with Gasteiger partial charge in [0.25, 0.3) is 0 Å². The Morgan fingerprint density at radius 1 is 0.839 bits per heavy atom. The number of alkyl halides is 9. The van der Waals surface area contributed by atoms with Crippen molar-refractivity contribution in [3.8, 4) is 0 Å². The van der Waals surface area contributed by atoms with Crippen LogP contribution in [0.4, 0.5) is 14.4 Å². The second kappa shape index (κ2) is 12.2. The van der Waals surface area contributed by atoms with E-state index in [9.17, 15) is 14.4 Å². The van der Waals surface area contributed by atoms with E-state index in [-0.39, 0.29) is 13.0 Å². The predicted octanol–water partition coefficient (Wildman–Crippen LogP) is 5.74. The van der Waals surface area contributed by atoms with E-state index in [1.54, 1.807) is 0 Å². The van der Waals surface area contributed by atoms with Crippen molar-refractivity contribution in [2.24, 2.45) is 0 Å². The molecule has 0 spiro atoms. The van der Waals surface area contributed by atoms with E-state index >= 15 is 0 Å². The molecule has 0 saturated carbocycles. The topological polar surface area (TPSA) is 97.4 Å². The van der Waals surface area contributed by atoms with Gasteiger partial charge in [-0.3, -0.25) is 4.90 Å². The molecular weight excluding hydrogens is 613 g/mol. The Morgan fingerprint density at radius 2 is 1.32 bits per heavy atom. The van der Waals surface area contributed by atoms with E-state index in [4.69, 9.17) is 119 Å². The van der Waals surface area contributed by atoms with Gasteiger partial charge in [0.1, 0.15) is 26.0 Å². The fourth-order valence-electron chi connectivity index (χ4n) is 2.19. The second-order valence-electron chi connectivity index (χ2n) is 5.83. The van der Waals surface area contributed by atoms with Crippen molar-refractivity contribution in [1.82, 2.24) is 15.3 Å². The number of likely N-dealkylation sites (tertiary alicyclic amines) is 1. The minimum Gasteiger partial charge on any atom is -0.445 e. The highest BCUT2D eigenvalue weighted by molar-refractivity contribution is 6.68. The van der Waals surface area contributed by atoms with Crippen molar-refractivity contribution in [3.63, 3.8) is 0 Å². The first-order valence-corrected chi connectivity index (χ1v) is 11.4. The zero-order chi connectivity index (χ0) is 24.0. The Bertz CT molecular complexity index is 652. The van der Waals surface area contributed by atoms with Crippen LogP contribution < -0.4 is 5.43 Å². The number of hydrogen-bond donors (Lipinski definition) is 1. The van der Waals surface area contributed by atoms with Crippen LogP contribution in [0.15, 0.2) is 0 Å². The van der Waals surface area contributed by atoms with Gasteiger partial charge in [-0.1, -0.05) is 104 Å². The maximum atomic E-state index is 12.5. The summed E-state index contributed by atoms with van der Waals surface area (Å²) in [7, 11) is 0. The van der Waals surface area contributed by atoms with Gasteiger partial charge in [-0.25, -0.2) is 19.8 Å². The van der Waals surface area contributed by atoms with Crippen LogP contribution in [0.25, 0.3) is 0 Å². The number of carbonyl (C=O) groups excluding carboxylic acids is 3. The molecule has 0 bridgehead atoms. The molecule has 3 amide bonds. The Hall–Kier alpha value is 0.420. The van der Waals surface area contributed by atoms with Crippen LogP contribution in [0.5, 0.6) is 0 Å². The van der Waals surface area contributed by atoms with Gasteiger partial charge in [0.2, 0.25) is 11.4 Å². The van der Waals surface area contributed by atoms with Gasteiger partial charge in [-0.15, -0.1) is 0 Å². The molecular formula is C13H14Cl9N3O6. The Morgan fingerprint density at radius 3 is 1.84 bits per heavy atom. The highest BCUT2D eigenvalue weighted by atomic mass is 35.6. The van der Waals surface area contributed by atoms with E-state index in [1.807, 2.05) is 0 Å². The summed E-state index contributed by atoms with van der Waals surface area (Å²) < 4.78 is 8.81. The Kier molecular flexibility index (Phi) is 11.6. The van der Waals surface area contributed by atoms with Gasteiger partial charge in [0.15, 0.2) is 0 Å². The number of halogens is 9. The molecule has 0 aromatic heterocycles. The van der Waals surface area contributed by atoms with Crippen LogP contribution in [-0.2, 0) is 14.2 Å². The molecule has 1 unspecified atom stereocenters. The van der Waals surface area contributed by atoms with Gasteiger partial charge in [-0.2, -0.15) is 5.01 Å². The molecule has 1 aliphatic rings. The number of rotatable bonds is 4. The van der Waals surface area contributed by atoms with Gasteiger partial charge >= 0.3 is 18.3 Å².